The second kappa shape index (κ2) is 8.00. The van der Waals surface area contributed by atoms with Gasteiger partial charge in [-0.2, -0.15) is 13.2 Å². The Morgan fingerprint density at radius 2 is 1.61 bits per heavy atom. The Morgan fingerprint density at radius 1 is 1.00 bits per heavy atom. The molecule has 2 N–H and O–H groups in total. The van der Waals surface area contributed by atoms with E-state index in [2.05, 4.69) is 4.90 Å². The zero-order chi connectivity index (χ0) is 13.4. The maximum absolute atomic E-state index is 12.2. The number of hydrogen-bond donors (Lipinski definition) is 1. The largest absolute Gasteiger partial charge is 0.389 e. The molecule has 0 aliphatic heterocycles. The lowest BCUT2D eigenvalue weighted by atomic mass is 9.94. The molecule has 1 rings (SSSR count). The molecule has 0 aromatic heterocycles. The number of rotatable bonds is 7. The Kier molecular flexibility index (Phi) is 7.00. The molecule has 2 nitrogen and oxygen atoms in total. The number of hydrogen-bond acceptors (Lipinski definition) is 2. The highest BCUT2D eigenvalue weighted by Gasteiger charge is 2.27. The van der Waals surface area contributed by atoms with Crippen molar-refractivity contribution in [2.45, 2.75) is 63.6 Å². The van der Waals surface area contributed by atoms with Crippen molar-refractivity contribution in [2.24, 2.45) is 5.73 Å². The first-order valence-corrected chi connectivity index (χ1v) is 7.04. The minimum Gasteiger partial charge on any atom is -0.330 e. The maximum Gasteiger partial charge on any atom is 0.389 e. The van der Waals surface area contributed by atoms with Crippen molar-refractivity contribution in [3.05, 3.63) is 0 Å². The summed E-state index contributed by atoms with van der Waals surface area (Å²) in [5, 5.41) is 0. The molecule has 0 saturated heterocycles. The van der Waals surface area contributed by atoms with Crippen LogP contribution in [0.1, 0.15) is 51.4 Å². The van der Waals surface area contributed by atoms with Gasteiger partial charge in [0.25, 0.3) is 0 Å². The van der Waals surface area contributed by atoms with Crippen LogP contribution < -0.4 is 5.73 Å². The summed E-state index contributed by atoms with van der Waals surface area (Å²) in [6, 6.07) is 0.485. The Bertz CT molecular complexity index is 213. The zero-order valence-electron chi connectivity index (χ0n) is 11.0. The molecule has 0 heterocycles. The molecule has 108 valence electrons. The molecule has 18 heavy (non-hydrogen) atoms. The van der Waals surface area contributed by atoms with Crippen molar-refractivity contribution < 1.29 is 13.2 Å². The van der Waals surface area contributed by atoms with Crippen LogP contribution in [0.2, 0.25) is 0 Å². The lowest BCUT2D eigenvalue weighted by molar-refractivity contribution is -0.136. The van der Waals surface area contributed by atoms with Gasteiger partial charge in [0, 0.05) is 12.5 Å². The monoisotopic (exact) mass is 266 g/mol. The zero-order valence-corrected chi connectivity index (χ0v) is 11.0. The standard InChI is InChI=1S/C13H25F3N2/c14-13(15,16)8-4-10-18(11-5-9-17)12-6-2-1-3-7-12/h12H,1-11,17H2. The highest BCUT2D eigenvalue weighted by atomic mass is 19.4. The van der Waals surface area contributed by atoms with E-state index in [4.69, 9.17) is 5.73 Å². The van der Waals surface area contributed by atoms with Crippen LogP contribution in [-0.2, 0) is 0 Å². The van der Waals surface area contributed by atoms with Crippen LogP contribution in [0.5, 0.6) is 0 Å². The van der Waals surface area contributed by atoms with Crippen molar-refractivity contribution in [3.63, 3.8) is 0 Å². The van der Waals surface area contributed by atoms with Gasteiger partial charge in [-0.05, 0) is 45.3 Å². The first-order valence-electron chi connectivity index (χ1n) is 7.04. The van der Waals surface area contributed by atoms with Gasteiger partial charge in [0.1, 0.15) is 0 Å². The van der Waals surface area contributed by atoms with Crippen LogP contribution in [-0.4, -0.2) is 36.8 Å². The molecule has 0 atom stereocenters. The fourth-order valence-electron chi connectivity index (χ4n) is 2.70. The van der Waals surface area contributed by atoms with Gasteiger partial charge >= 0.3 is 6.18 Å². The summed E-state index contributed by atoms with van der Waals surface area (Å²) in [5.74, 6) is 0. The molecule has 1 aliphatic carbocycles. The van der Waals surface area contributed by atoms with Crippen LogP contribution in [0.15, 0.2) is 0 Å². The van der Waals surface area contributed by atoms with Crippen molar-refractivity contribution in [1.82, 2.24) is 4.90 Å². The molecule has 1 saturated carbocycles. The van der Waals surface area contributed by atoms with Crippen LogP contribution in [0.3, 0.4) is 0 Å². The average Bonchev–Trinajstić information content (AvgIpc) is 2.33. The van der Waals surface area contributed by atoms with Gasteiger partial charge in [-0.25, -0.2) is 0 Å². The molecule has 0 spiro atoms. The average molecular weight is 266 g/mol. The van der Waals surface area contributed by atoms with E-state index in [1.54, 1.807) is 0 Å². The lowest BCUT2D eigenvalue weighted by Gasteiger charge is -2.34. The molecule has 5 heteroatoms. The van der Waals surface area contributed by atoms with Gasteiger partial charge in [0.2, 0.25) is 0 Å². The Balaban J connectivity index is 2.34. The smallest absolute Gasteiger partial charge is 0.330 e. The SMILES string of the molecule is NCCCN(CCCC(F)(F)F)C1CCCCC1. The van der Waals surface area contributed by atoms with E-state index in [0.29, 0.717) is 19.1 Å². The summed E-state index contributed by atoms with van der Waals surface area (Å²) in [7, 11) is 0. The van der Waals surface area contributed by atoms with Crippen LogP contribution >= 0.6 is 0 Å². The molecule has 1 fully saturated rings. The minimum absolute atomic E-state index is 0.213. The number of alkyl halides is 3. The van der Waals surface area contributed by atoms with Crippen molar-refractivity contribution in [3.8, 4) is 0 Å². The van der Waals surface area contributed by atoms with Gasteiger partial charge in [0.05, 0.1) is 0 Å². The predicted molar refractivity (Wildman–Crippen MR) is 67.4 cm³/mol. The summed E-state index contributed by atoms with van der Waals surface area (Å²) in [5.41, 5.74) is 5.50. The van der Waals surface area contributed by atoms with Gasteiger partial charge in [-0.1, -0.05) is 19.3 Å². The minimum atomic E-state index is -4.02. The summed E-state index contributed by atoms with van der Waals surface area (Å²) in [6.07, 6.45) is 2.36. The first-order chi connectivity index (χ1) is 8.53. The Labute approximate surface area is 108 Å². The third-order valence-electron chi connectivity index (χ3n) is 3.65. The summed E-state index contributed by atoms with van der Waals surface area (Å²) >= 11 is 0. The second-order valence-electron chi connectivity index (χ2n) is 5.19. The van der Waals surface area contributed by atoms with Crippen LogP contribution in [0.4, 0.5) is 13.2 Å². The van der Waals surface area contributed by atoms with E-state index in [0.717, 1.165) is 25.8 Å². The van der Waals surface area contributed by atoms with Gasteiger partial charge in [-0.3, -0.25) is 0 Å². The number of halogens is 3. The van der Waals surface area contributed by atoms with E-state index in [1.807, 2.05) is 0 Å². The van der Waals surface area contributed by atoms with Crippen LogP contribution in [0, 0.1) is 0 Å². The van der Waals surface area contributed by atoms with E-state index >= 15 is 0 Å². The van der Waals surface area contributed by atoms with Gasteiger partial charge in [0.15, 0.2) is 0 Å². The van der Waals surface area contributed by atoms with Crippen molar-refractivity contribution in [1.29, 1.82) is 0 Å². The topological polar surface area (TPSA) is 29.3 Å². The molecule has 0 bridgehead atoms. The molecule has 0 aromatic rings. The molecule has 1 aliphatic rings. The quantitative estimate of drug-likeness (QED) is 0.766. The maximum atomic E-state index is 12.2. The summed E-state index contributed by atoms with van der Waals surface area (Å²) in [4.78, 5) is 2.23. The summed E-state index contributed by atoms with van der Waals surface area (Å²) < 4.78 is 36.5. The first kappa shape index (κ1) is 15.8. The predicted octanol–water partition coefficient (Wildman–Crippen LogP) is 3.31. The fraction of sp³-hybridized carbons (Fsp3) is 1.00. The van der Waals surface area contributed by atoms with E-state index in [1.165, 1.54) is 19.3 Å². The second-order valence-corrected chi connectivity index (χ2v) is 5.19. The van der Waals surface area contributed by atoms with E-state index < -0.39 is 12.6 Å². The molecular formula is C13H25F3N2. The van der Waals surface area contributed by atoms with Crippen molar-refractivity contribution in [2.75, 3.05) is 19.6 Å². The number of nitrogens with zero attached hydrogens (tertiary/aromatic N) is 1. The van der Waals surface area contributed by atoms with E-state index in [-0.39, 0.29) is 6.42 Å². The molecule has 0 unspecified atom stereocenters. The van der Waals surface area contributed by atoms with E-state index in [9.17, 15) is 13.2 Å². The normalized spacial score (nSPS) is 18.5. The molecule has 0 radical (unpaired) electrons. The molecule has 0 aromatic carbocycles. The number of nitrogens with two attached hydrogens (primary N) is 1. The Morgan fingerprint density at radius 3 is 2.17 bits per heavy atom. The van der Waals surface area contributed by atoms with Crippen LogP contribution in [0.25, 0.3) is 0 Å². The fourth-order valence-corrected chi connectivity index (χ4v) is 2.70. The van der Waals surface area contributed by atoms with Crippen molar-refractivity contribution >= 4 is 0 Å². The van der Waals surface area contributed by atoms with Gasteiger partial charge in [-0.15, -0.1) is 0 Å². The van der Waals surface area contributed by atoms with Gasteiger partial charge < -0.3 is 10.6 Å². The Hall–Kier alpha value is -0.290. The highest BCUT2D eigenvalue weighted by Crippen LogP contribution is 2.25. The summed E-state index contributed by atoms with van der Waals surface area (Å²) in [6.45, 7) is 2.02. The third kappa shape index (κ3) is 6.59. The lowest BCUT2D eigenvalue weighted by Crippen LogP contribution is -2.39. The molecular weight excluding hydrogens is 241 g/mol. The highest BCUT2D eigenvalue weighted by molar-refractivity contribution is 4.76. The molecule has 0 amide bonds. The third-order valence-corrected chi connectivity index (χ3v) is 3.65.